The number of ether oxygens (including phenoxy) is 1. The van der Waals surface area contributed by atoms with Crippen molar-refractivity contribution in [3.05, 3.63) is 29.8 Å². The van der Waals surface area contributed by atoms with E-state index in [0.29, 0.717) is 19.1 Å². The molecule has 0 spiro atoms. The fraction of sp³-hybridized carbons (Fsp3) is 0.529. The molecule has 1 aliphatic rings. The lowest BCUT2D eigenvalue weighted by Crippen LogP contribution is -2.26. The molecule has 0 aliphatic carbocycles. The van der Waals surface area contributed by atoms with Gasteiger partial charge in [0.25, 0.3) is 0 Å². The summed E-state index contributed by atoms with van der Waals surface area (Å²) in [6.45, 7) is 3.94. The molecular weight excluding hydrogens is 266 g/mol. The number of nitrogens with zero attached hydrogens (tertiary/aromatic N) is 1. The largest absolute Gasteiger partial charge is 0.492 e. The summed E-state index contributed by atoms with van der Waals surface area (Å²) in [5.41, 5.74) is 0.878. The van der Waals surface area contributed by atoms with E-state index in [-0.39, 0.29) is 6.61 Å². The fourth-order valence-electron chi connectivity index (χ4n) is 2.60. The predicted molar refractivity (Wildman–Crippen MR) is 82.2 cm³/mol. The number of aliphatic hydroxyl groups excluding tert-OH is 2. The lowest BCUT2D eigenvalue weighted by atomic mass is 10.1. The second-order valence-corrected chi connectivity index (χ2v) is 5.30. The molecule has 1 aromatic rings. The van der Waals surface area contributed by atoms with Crippen LogP contribution in [0.1, 0.15) is 18.4 Å². The minimum absolute atomic E-state index is 0.120. The molecule has 4 nitrogen and oxygen atoms in total. The minimum atomic E-state index is -0.120. The molecule has 1 saturated heterocycles. The summed E-state index contributed by atoms with van der Waals surface area (Å²) in [4.78, 5) is 2.39. The van der Waals surface area contributed by atoms with Gasteiger partial charge in [0, 0.05) is 25.3 Å². The fourth-order valence-corrected chi connectivity index (χ4v) is 2.60. The summed E-state index contributed by atoms with van der Waals surface area (Å²) in [5.74, 6) is 6.96. The molecule has 1 heterocycles. The van der Waals surface area contributed by atoms with Gasteiger partial charge in [-0.2, -0.15) is 0 Å². The summed E-state index contributed by atoms with van der Waals surface area (Å²) in [7, 11) is 0. The maximum Gasteiger partial charge on any atom is 0.119 e. The van der Waals surface area contributed by atoms with Crippen LogP contribution in [-0.4, -0.2) is 54.6 Å². The Morgan fingerprint density at radius 1 is 1.24 bits per heavy atom. The van der Waals surface area contributed by atoms with Crippen molar-refractivity contribution in [3.8, 4) is 17.6 Å². The van der Waals surface area contributed by atoms with E-state index in [1.165, 1.54) is 6.42 Å². The highest BCUT2D eigenvalue weighted by Gasteiger charge is 2.21. The average molecular weight is 289 g/mol. The molecule has 0 saturated carbocycles. The average Bonchev–Trinajstić information content (AvgIpc) is 2.94. The number of likely N-dealkylation sites (tertiary alicyclic amines) is 1. The number of aliphatic hydroxyl groups is 2. The van der Waals surface area contributed by atoms with Gasteiger partial charge in [-0.3, -0.25) is 4.90 Å². The van der Waals surface area contributed by atoms with Crippen molar-refractivity contribution >= 4 is 0 Å². The van der Waals surface area contributed by atoms with Gasteiger partial charge in [-0.25, -0.2) is 0 Å². The highest BCUT2D eigenvalue weighted by atomic mass is 16.5. The third kappa shape index (κ3) is 5.39. The zero-order valence-corrected chi connectivity index (χ0v) is 12.3. The molecule has 1 fully saturated rings. The molecule has 0 aromatic heterocycles. The Bertz CT molecular complexity index is 475. The molecule has 21 heavy (non-hydrogen) atoms. The number of rotatable bonds is 6. The van der Waals surface area contributed by atoms with Gasteiger partial charge in [-0.15, -0.1) is 0 Å². The molecule has 1 aliphatic heterocycles. The summed E-state index contributed by atoms with van der Waals surface area (Å²) < 4.78 is 5.73. The van der Waals surface area contributed by atoms with Gasteiger partial charge in [0.05, 0.1) is 0 Å². The normalized spacial score (nSPS) is 18.3. The second-order valence-electron chi connectivity index (χ2n) is 5.30. The van der Waals surface area contributed by atoms with Crippen LogP contribution in [0.3, 0.4) is 0 Å². The van der Waals surface area contributed by atoms with Crippen molar-refractivity contribution in [3.63, 3.8) is 0 Å². The Morgan fingerprint density at radius 3 is 2.76 bits per heavy atom. The van der Waals surface area contributed by atoms with Crippen molar-refractivity contribution in [2.45, 2.75) is 12.8 Å². The first-order valence-corrected chi connectivity index (χ1v) is 7.47. The minimum Gasteiger partial charge on any atom is -0.492 e. The van der Waals surface area contributed by atoms with Crippen LogP contribution in [0.2, 0.25) is 0 Å². The highest BCUT2D eigenvalue weighted by Crippen LogP contribution is 2.19. The first-order valence-electron chi connectivity index (χ1n) is 7.47. The van der Waals surface area contributed by atoms with Crippen LogP contribution >= 0.6 is 0 Å². The molecule has 2 rings (SSSR count). The van der Waals surface area contributed by atoms with Gasteiger partial charge in [0.15, 0.2) is 0 Å². The SMILES string of the molecule is OCC#Cc1ccc(OCCN2CCC(CCO)C2)cc1. The molecule has 1 atom stereocenters. The topological polar surface area (TPSA) is 52.9 Å². The monoisotopic (exact) mass is 289 g/mol. The van der Waals surface area contributed by atoms with E-state index >= 15 is 0 Å². The van der Waals surface area contributed by atoms with Gasteiger partial charge >= 0.3 is 0 Å². The van der Waals surface area contributed by atoms with Crippen LogP contribution in [0.5, 0.6) is 5.75 Å². The van der Waals surface area contributed by atoms with Crippen molar-refractivity contribution < 1.29 is 14.9 Å². The third-order valence-electron chi connectivity index (χ3n) is 3.75. The van der Waals surface area contributed by atoms with Crippen LogP contribution < -0.4 is 4.74 Å². The standard InChI is InChI=1S/C17H23NO3/c19-11-1-2-15-3-5-17(6-4-15)21-13-10-18-9-7-16(14-18)8-12-20/h3-6,16,19-20H,7-14H2. The molecule has 2 N–H and O–H groups in total. The number of hydrogen-bond acceptors (Lipinski definition) is 4. The lowest BCUT2D eigenvalue weighted by Gasteiger charge is -2.16. The smallest absolute Gasteiger partial charge is 0.119 e. The molecule has 0 radical (unpaired) electrons. The van der Waals surface area contributed by atoms with E-state index in [1.54, 1.807) is 0 Å². The third-order valence-corrected chi connectivity index (χ3v) is 3.75. The number of hydrogen-bond donors (Lipinski definition) is 2. The van der Waals surface area contributed by atoms with Crippen LogP contribution in [-0.2, 0) is 0 Å². The van der Waals surface area contributed by atoms with Gasteiger partial charge in [-0.1, -0.05) is 11.8 Å². The van der Waals surface area contributed by atoms with Crippen molar-refractivity contribution in [2.24, 2.45) is 5.92 Å². The van der Waals surface area contributed by atoms with Gasteiger partial charge < -0.3 is 14.9 Å². The van der Waals surface area contributed by atoms with Crippen LogP contribution in [0.15, 0.2) is 24.3 Å². The lowest BCUT2D eigenvalue weighted by molar-refractivity contribution is 0.222. The Balaban J connectivity index is 1.69. The maximum atomic E-state index is 8.95. The van der Waals surface area contributed by atoms with Crippen LogP contribution in [0.25, 0.3) is 0 Å². The van der Waals surface area contributed by atoms with Gasteiger partial charge in [-0.05, 0) is 49.6 Å². The maximum absolute atomic E-state index is 8.95. The quantitative estimate of drug-likeness (QED) is 0.771. The summed E-state index contributed by atoms with van der Waals surface area (Å²) in [5, 5.41) is 17.6. The van der Waals surface area contributed by atoms with Gasteiger partial charge in [0.1, 0.15) is 19.0 Å². The molecule has 1 unspecified atom stereocenters. The van der Waals surface area contributed by atoms with E-state index in [2.05, 4.69) is 16.7 Å². The number of benzene rings is 1. The summed E-state index contributed by atoms with van der Waals surface area (Å²) in [6, 6.07) is 7.59. The van der Waals surface area contributed by atoms with E-state index < -0.39 is 0 Å². The Hall–Kier alpha value is -1.54. The van der Waals surface area contributed by atoms with Crippen LogP contribution in [0, 0.1) is 17.8 Å². The molecular formula is C17H23NO3. The van der Waals surface area contributed by atoms with E-state index in [4.69, 9.17) is 14.9 Å². The van der Waals surface area contributed by atoms with Crippen molar-refractivity contribution in [2.75, 3.05) is 39.5 Å². The molecule has 0 bridgehead atoms. The van der Waals surface area contributed by atoms with Crippen LogP contribution in [0.4, 0.5) is 0 Å². The van der Waals surface area contributed by atoms with Gasteiger partial charge in [0.2, 0.25) is 0 Å². The molecule has 4 heteroatoms. The van der Waals surface area contributed by atoms with E-state index in [9.17, 15) is 0 Å². The first-order chi connectivity index (χ1) is 10.3. The Morgan fingerprint density at radius 2 is 2.05 bits per heavy atom. The molecule has 114 valence electrons. The summed E-state index contributed by atoms with van der Waals surface area (Å²) in [6.07, 6.45) is 2.09. The van der Waals surface area contributed by atoms with Crippen molar-refractivity contribution in [1.29, 1.82) is 0 Å². The summed E-state index contributed by atoms with van der Waals surface area (Å²) >= 11 is 0. The van der Waals surface area contributed by atoms with E-state index in [1.807, 2.05) is 24.3 Å². The zero-order valence-electron chi connectivity index (χ0n) is 12.3. The second kappa shape index (κ2) is 8.68. The molecule has 1 aromatic carbocycles. The Kier molecular flexibility index (Phi) is 6.55. The van der Waals surface area contributed by atoms with E-state index in [0.717, 1.165) is 37.4 Å². The first kappa shape index (κ1) is 15.8. The predicted octanol–water partition coefficient (Wildman–Crippen LogP) is 1.11. The van der Waals surface area contributed by atoms with Crippen molar-refractivity contribution in [1.82, 2.24) is 4.90 Å². The zero-order chi connectivity index (χ0) is 14.9. The Labute approximate surface area is 126 Å². The molecule has 0 amide bonds. The highest BCUT2D eigenvalue weighted by molar-refractivity contribution is 5.38.